The summed E-state index contributed by atoms with van der Waals surface area (Å²) in [6.45, 7) is 0.260. The van der Waals surface area contributed by atoms with E-state index in [2.05, 4.69) is 30.8 Å². The van der Waals surface area contributed by atoms with Gasteiger partial charge in [0.1, 0.15) is 18.0 Å². The minimum absolute atomic E-state index is 0.260. The van der Waals surface area contributed by atoms with E-state index < -0.39 is 0 Å². The number of anilines is 4. The van der Waals surface area contributed by atoms with E-state index in [4.69, 9.17) is 15.5 Å². The van der Waals surface area contributed by atoms with Crippen LogP contribution in [0.15, 0.2) is 67.1 Å². The molecule has 182 valence electrons. The molecular weight excluding hydrogens is 456 g/mol. The first-order valence-corrected chi connectivity index (χ1v) is 11.3. The predicted molar refractivity (Wildman–Crippen MR) is 138 cm³/mol. The number of aromatic nitrogens is 7. The number of aryl methyl sites for hydroxylation is 2. The van der Waals surface area contributed by atoms with Gasteiger partial charge in [0.2, 0.25) is 5.95 Å². The summed E-state index contributed by atoms with van der Waals surface area (Å²) in [5, 5.41) is 15.6. The zero-order chi connectivity index (χ0) is 25.1. The Morgan fingerprint density at radius 3 is 2.53 bits per heavy atom. The van der Waals surface area contributed by atoms with Crippen LogP contribution in [0.4, 0.5) is 23.3 Å². The summed E-state index contributed by atoms with van der Waals surface area (Å²) in [5.74, 6) is 2.87. The van der Waals surface area contributed by atoms with Gasteiger partial charge in [-0.05, 0) is 12.1 Å². The zero-order valence-corrected chi connectivity index (χ0v) is 20.2. The average Bonchev–Trinajstić information content (AvgIpc) is 3.50. The molecular formula is C25H26N10O. The van der Waals surface area contributed by atoms with Crippen molar-refractivity contribution < 1.29 is 4.74 Å². The molecule has 0 spiro atoms. The topological polar surface area (TPSA) is 134 Å². The lowest BCUT2D eigenvalue weighted by Gasteiger charge is -2.16. The highest BCUT2D eigenvalue weighted by Crippen LogP contribution is 2.36. The van der Waals surface area contributed by atoms with Gasteiger partial charge in [-0.2, -0.15) is 15.2 Å². The van der Waals surface area contributed by atoms with Gasteiger partial charge in [0.25, 0.3) is 0 Å². The third-order valence-electron chi connectivity index (χ3n) is 5.59. The first kappa shape index (κ1) is 23.0. The predicted octanol–water partition coefficient (Wildman–Crippen LogP) is 3.63. The van der Waals surface area contributed by atoms with Crippen LogP contribution in [0, 0.1) is 0 Å². The molecule has 0 amide bonds. The fourth-order valence-electron chi connectivity index (χ4n) is 3.80. The van der Waals surface area contributed by atoms with E-state index in [-0.39, 0.29) is 6.54 Å². The van der Waals surface area contributed by atoms with Crippen molar-refractivity contribution in [2.24, 2.45) is 19.8 Å². The molecule has 11 nitrogen and oxygen atoms in total. The molecule has 0 unspecified atom stereocenters. The number of nitrogens with one attached hydrogen (secondary N) is 2. The fraction of sp³-hybridized carbons (Fsp3) is 0.160. The second-order valence-electron chi connectivity index (χ2n) is 8.05. The lowest BCUT2D eigenvalue weighted by molar-refractivity contribution is 0.418. The highest BCUT2D eigenvalue weighted by Gasteiger charge is 2.17. The number of nitrogens with zero attached hydrogens (tertiary/aromatic N) is 7. The van der Waals surface area contributed by atoms with Gasteiger partial charge in [-0.1, -0.05) is 36.4 Å². The molecule has 5 aromatic rings. The van der Waals surface area contributed by atoms with E-state index in [1.165, 1.54) is 0 Å². The van der Waals surface area contributed by atoms with Crippen molar-refractivity contribution in [3.8, 4) is 28.4 Å². The van der Waals surface area contributed by atoms with E-state index in [1.807, 2.05) is 68.7 Å². The van der Waals surface area contributed by atoms with Crippen LogP contribution >= 0.6 is 0 Å². The summed E-state index contributed by atoms with van der Waals surface area (Å²) >= 11 is 0. The Hall–Kier alpha value is -4.77. The molecule has 0 saturated heterocycles. The van der Waals surface area contributed by atoms with E-state index >= 15 is 0 Å². The molecule has 4 N–H and O–H groups in total. The maximum absolute atomic E-state index is 5.98. The van der Waals surface area contributed by atoms with Crippen molar-refractivity contribution in [3.63, 3.8) is 0 Å². The van der Waals surface area contributed by atoms with Crippen LogP contribution in [0.2, 0.25) is 0 Å². The summed E-state index contributed by atoms with van der Waals surface area (Å²) in [5.41, 5.74) is 10.1. The Bertz CT molecular complexity index is 1490. The van der Waals surface area contributed by atoms with Crippen molar-refractivity contribution >= 4 is 23.3 Å². The van der Waals surface area contributed by atoms with Crippen LogP contribution in [-0.4, -0.2) is 41.6 Å². The molecule has 36 heavy (non-hydrogen) atoms. The normalized spacial score (nSPS) is 10.9. The highest BCUT2D eigenvalue weighted by atomic mass is 16.5. The first-order chi connectivity index (χ1) is 17.6. The third kappa shape index (κ3) is 4.59. The van der Waals surface area contributed by atoms with Gasteiger partial charge in [0.15, 0.2) is 11.6 Å². The van der Waals surface area contributed by atoms with E-state index in [0.717, 1.165) is 28.2 Å². The number of methoxy groups -OCH3 is 1. The zero-order valence-electron chi connectivity index (χ0n) is 20.2. The van der Waals surface area contributed by atoms with Crippen molar-refractivity contribution in [1.82, 2.24) is 34.5 Å². The molecule has 3 aromatic heterocycles. The number of para-hydroxylation sites is 1. The Kier molecular flexibility index (Phi) is 6.29. The van der Waals surface area contributed by atoms with Gasteiger partial charge >= 0.3 is 0 Å². The van der Waals surface area contributed by atoms with Gasteiger partial charge in [-0.25, -0.2) is 9.97 Å². The molecule has 11 heteroatoms. The second-order valence-corrected chi connectivity index (χ2v) is 8.05. The Morgan fingerprint density at radius 2 is 1.81 bits per heavy atom. The minimum atomic E-state index is 0.260. The quantitative estimate of drug-likeness (QED) is 0.303. The van der Waals surface area contributed by atoms with Crippen molar-refractivity contribution in [3.05, 3.63) is 72.7 Å². The summed E-state index contributed by atoms with van der Waals surface area (Å²) < 4.78 is 9.11. The number of rotatable bonds is 8. The summed E-state index contributed by atoms with van der Waals surface area (Å²) in [4.78, 5) is 13.5. The van der Waals surface area contributed by atoms with Gasteiger partial charge < -0.3 is 21.1 Å². The lowest BCUT2D eigenvalue weighted by atomic mass is 10.1. The first-order valence-electron chi connectivity index (χ1n) is 11.3. The molecule has 0 fully saturated rings. The molecule has 5 rings (SSSR count). The summed E-state index contributed by atoms with van der Waals surface area (Å²) in [6.07, 6.45) is 3.34. The van der Waals surface area contributed by atoms with Crippen LogP contribution in [0.5, 0.6) is 5.75 Å². The van der Waals surface area contributed by atoms with Gasteiger partial charge in [-0.3, -0.25) is 9.36 Å². The maximum atomic E-state index is 5.98. The molecule has 0 radical (unpaired) electrons. The van der Waals surface area contributed by atoms with E-state index in [1.54, 1.807) is 29.0 Å². The minimum Gasteiger partial charge on any atom is -0.494 e. The smallest absolute Gasteiger partial charge is 0.230 e. The monoisotopic (exact) mass is 482 g/mol. The molecule has 0 aliphatic heterocycles. The number of benzene rings is 2. The van der Waals surface area contributed by atoms with E-state index in [9.17, 15) is 0 Å². The van der Waals surface area contributed by atoms with Crippen LogP contribution in [0.3, 0.4) is 0 Å². The van der Waals surface area contributed by atoms with Crippen LogP contribution in [-0.2, 0) is 20.6 Å². The lowest BCUT2D eigenvalue weighted by Crippen LogP contribution is -2.09. The van der Waals surface area contributed by atoms with Crippen LogP contribution in [0.1, 0.15) is 5.56 Å². The summed E-state index contributed by atoms with van der Waals surface area (Å²) in [7, 11) is 5.29. The van der Waals surface area contributed by atoms with Crippen molar-refractivity contribution in [2.45, 2.75) is 6.54 Å². The van der Waals surface area contributed by atoms with Gasteiger partial charge in [0.05, 0.1) is 24.1 Å². The molecule has 2 aromatic carbocycles. The SMILES string of the molecule is COc1c(Nc2nc(Nc3cc(-c4ccccc4)nn3C)ncc2CN)cccc1-c1ncn(C)n1. The number of nitrogens with two attached hydrogens (primary N) is 1. The van der Waals surface area contributed by atoms with Gasteiger partial charge in [0, 0.05) is 44.0 Å². The standard InChI is InChI=1S/C25H26N10O/c1-34-15-28-24(33-34)18-10-7-11-19(22(18)36-3)29-23-17(13-26)14-27-25(31-23)30-21-12-20(32-35(21)2)16-8-5-4-6-9-16/h4-12,14-15H,13,26H2,1-3H3,(H2,27,29,30,31). The number of hydrogen-bond donors (Lipinski definition) is 3. The molecule has 0 saturated carbocycles. The van der Waals surface area contributed by atoms with Crippen molar-refractivity contribution in [1.29, 1.82) is 0 Å². The molecule has 0 aliphatic rings. The Labute approximate surface area is 208 Å². The number of ether oxygens (including phenoxy) is 1. The fourth-order valence-corrected chi connectivity index (χ4v) is 3.80. The molecule has 0 bridgehead atoms. The number of hydrogen-bond acceptors (Lipinski definition) is 9. The summed E-state index contributed by atoms with van der Waals surface area (Å²) in [6, 6.07) is 17.6. The highest BCUT2D eigenvalue weighted by molar-refractivity contribution is 5.78. The maximum Gasteiger partial charge on any atom is 0.230 e. The van der Waals surface area contributed by atoms with Crippen LogP contribution < -0.4 is 21.1 Å². The Morgan fingerprint density at radius 1 is 0.972 bits per heavy atom. The average molecular weight is 483 g/mol. The van der Waals surface area contributed by atoms with Crippen LogP contribution in [0.25, 0.3) is 22.6 Å². The third-order valence-corrected chi connectivity index (χ3v) is 5.59. The Balaban J connectivity index is 1.45. The molecule has 3 heterocycles. The second kappa shape index (κ2) is 9.84. The van der Waals surface area contributed by atoms with E-state index in [0.29, 0.717) is 29.0 Å². The largest absolute Gasteiger partial charge is 0.494 e. The molecule has 0 atom stereocenters. The molecule has 0 aliphatic carbocycles. The van der Waals surface area contributed by atoms with Gasteiger partial charge in [-0.15, -0.1) is 0 Å². The van der Waals surface area contributed by atoms with Crippen molar-refractivity contribution in [2.75, 3.05) is 17.7 Å².